The first-order valence-corrected chi connectivity index (χ1v) is 6.18. The summed E-state index contributed by atoms with van der Waals surface area (Å²) in [5, 5.41) is 6.62. The van der Waals surface area contributed by atoms with Gasteiger partial charge in [-0.1, -0.05) is 6.92 Å². The zero-order valence-electron chi connectivity index (χ0n) is 10.5. The highest BCUT2D eigenvalue weighted by Gasteiger charge is 2.13. The molecule has 1 aliphatic rings. The fourth-order valence-corrected chi connectivity index (χ4v) is 1.87. The summed E-state index contributed by atoms with van der Waals surface area (Å²) in [4.78, 5) is 8.72. The number of morpholine rings is 1. The Kier molecular flexibility index (Phi) is 4.28. The van der Waals surface area contributed by atoms with Crippen molar-refractivity contribution in [3.05, 3.63) is 17.6 Å². The Bertz CT molecular complexity index is 364. The van der Waals surface area contributed by atoms with Crippen LogP contribution in [0.25, 0.3) is 0 Å². The van der Waals surface area contributed by atoms with Crippen LogP contribution in [-0.4, -0.2) is 42.3 Å². The molecule has 5 nitrogen and oxygen atoms in total. The van der Waals surface area contributed by atoms with Crippen molar-refractivity contribution in [1.29, 1.82) is 0 Å². The van der Waals surface area contributed by atoms with Crippen molar-refractivity contribution >= 4 is 5.82 Å². The highest BCUT2D eigenvalue weighted by Crippen LogP contribution is 2.08. The Labute approximate surface area is 102 Å². The first-order valence-electron chi connectivity index (χ1n) is 6.18. The third-order valence-corrected chi connectivity index (χ3v) is 2.77. The van der Waals surface area contributed by atoms with Crippen LogP contribution in [-0.2, 0) is 11.2 Å². The molecule has 0 saturated carbocycles. The highest BCUT2D eigenvalue weighted by atomic mass is 16.5. The van der Waals surface area contributed by atoms with E-state index >= 15 is 0 Å². The van der Waals surface area contributed by atoms with Crippen molar-refractivity contribution in [3.8, 4) is 0 Å². The van der Waals surface area contributed by atoms with Gasteiger partial charge in [0.15, 0.2) is 0 Å². The topological polar surface area (TPSA) is 59.1 Å². The molecule has 1 aromatic rings. The number of hydrogen-bond acceptors (Lipinski definition) is 5. The average Bonchev–Trinajstić information content (AvgIpc) is 2.37. The zero-order chi connectivity index (χ0) is 12.1. The van der Waals surface area contributed by atoms with E-state index in [9.17, 15) is 0 Å². The van der Waals surface area contributed by atoms with Crippen LogP contribution in [0.15, 0.2) is 6.07 Å². The molecule has 2 rings (SSSR count). The molecule has 1 aromatic heterocycles. The first kappa shape index (κ1) is 12.3. The molecular weight excluding hydrogens is 216 g/mol. The van der Waals surface area contributed by atoms with Gasteiger partial charge in [-0.3, -0.25) is 0 Å². The van der Waals surface area contributed by atoms with E-state index in [1.54, 1.807) is 0 Å². The molecule has 1 aliphatic heterocycles. The van der Waals surface area contributed by atoms with Gasteiger partial charge in [0.05, 0.1) is 12.7 Å². The molecule has 2 N–H and O–H groups in total. The minimum absolute atomic E-state index is 0.226. The highest BCUT2D eigenvalue weighted by molar-refractivity contribution is 5.36. The van der Waals surface area contributed by atoms with Gasteiger partial charge in [-0.05, 0) is 13.3 Å². The van der Waals surface area contributed by atoms with Crippen LogP contribution in [0.5, 0.6) is 0 Å². The molecule has 0 bridgehead atoms. The van der Waals surface area contributed by atoms with Gasteiger partial charge in [0.1, 0.15) is 11.6 Å². The summed E-state index contributed by atoms with van der Waals surface area (Å²) < 4.78 is 5.62. The number of hydrogen-bond donors (Lipinski definition) is 2. The fourth-order valence-electron chi connectivity index (χ4n) is 1.87. The second kappa shape index (κ2) is 5.93. The molecule has 1 atom stereocenters. The summed E-state index contributed by atoms with van der Waals surface area (Å²) in [5.41, 5.74) is 1.07. The van der Waals surface area contributed by atoms with Crippen LogP contribution in [0.1, 0.15) is 18.4 Å². The predicted molar refractivity (Wildman–Crippen MR) is 67.2 cm³/mol. The van der Waals surface area contributed by atoms with E-state index in [0.29, 0.717) is 0 Å². The van der Waals surface area contributed by atoms with E-state index in [1.807, 2.05) is 13.0 Å². The number of rotatable bonds is 4. The maximum Gasteiger partial charge on any atom is 0.130 e. The monoisotopic (exact) mass is 236 g/mol. The van der Waals surface area contributed by atoms with Crippen molar-refractivity contribution in [1.82, 2.24) is 15.3 Å². The second-order valence-electron chi connectivity index (χ2n) is 4.22. The number of nitrogens with zero attached hydrogens (tertiary/aromatic N) is 2. The Balaban J connectivity index is 1.91. The molecule has 0 amide bonds. The number of nitrogens with one attached hydrogen (secondary N) is 2. The number of aryl methyl sites for hydroxylation is 2. The molecule has 0 radical (unpaired) electrons. The van der Waals surface area contributed by atoms with Crippen molar-refractivity contribution in [2.24, 2.45) is 0 Å². The van der Waals surface area contributed by atoms with E-state index in [2.05, 4.69) is 27.5 Å². The van der Waals surface area contributed by atoms with Gasteiger partial charge in [-0.25, -0.2) is 9.97 Å². The van der Waals surface area contributed by atoms with Gasteiger partial charge in [0.2, 0.25) is 0 Å². The predicted octanol–water partition coefficient (Wildman–Crippen LogP) is 0.748. The smallest absolute Gasteiger partial charge is 0.130 e. The van der Waals surface area contributed by atoms with Crippen LogP contribution >= 0.6 is 0 Å². The van der Waals surface area contributed by atoms with Crippen LogP contribution in [0.2, 0.25) is 0 Å². The van der Waals surface area contributed by atoms with E-state index in [4.69, 9.17) is 4.74 Å². The Morgan fingerprint density at radius 3 is 3.12 bits per heavy atom. The van der Waals surface area contributed by atoms with Crippen LogP contribution < -0.4 is 10.6 Å². The lowest BCUT2D eigenvalue weighted by Crippen LogP contribution is -2.42. The Hall–Kier alpha value is -1.20. The van der Waals surface area contributed by atoms with E-state index in [-0.39, 0.29) is 6.10 Å². The maximum atomic E-state index is 5.62. The third-order valence-electron chi connectivity index (χ3n) is 2.77. The van der Waals surface area contributed by atoms with Gasteiger partial charge in [0.25, 0.3) is 0 Å². The number of aromatic nitrogens is 2. The normalized spacial score (nSPS) is 20.2. The Morgan fingerprint density at radius 2 is 2.41 bits per heavy atom. The van der Waals surface area contributed by atoms with Gasteiger partial charge >= 0.3 is 0 Å². The summed E-state index contributed by atoms with van der Waals surface area (Å²) in [6.07, 6.45) is 1.16. The van der Waals surface area contributed by atoms with E-state index < -0.39 is 0 Å². The van der Waals surface area contributed by atoms with Crippen molar-refractivity contribution in [2.75, 3.05) is 31.6 Å². The summed E-state index contributed by atoms with van der Waals surface area (Å²) in [7, 11) is 0. The maximum absolute atomic E-state index is 5.62. The molecule has 2 heterocycles. The minimum Gasteiger partial charge on any atom is -0.374 e. The molecule has 1 unspecified atom stereocenters. The SMILES string of the molecule is CCc1cc(NCC2CNCCO2)nc(C)n1. The summed E-state index contributed by atoms with van der Waals surface area (Å²) >= 11 is 0. The third kappa shape index (κ3) is 3.64. The van der Waals surface area contributed by atoms with Crippen molar-refractivity contribution < 1.29 is 4.74 Å². The Morgan fingerprint density at radius 1 is 1.53 bits per heavy atom. The van der Waals surface area contributed by atoms with Crippen LogP contribution in [0.3, 0.4) is 0 Å². The fraction of sp³-hybridized carbons (Fsp3) is 0.667. The van der Waals surface area contributed by atoms with Gasteiger partial charge in [-0.2, -0.15) is 0 Å². The standard InChI is InChI=1S/C12H20N4O/c1-3-10-6-12(16-9(2)15-10)14-8-11-7-13-4-5-17-11/h6,11,13H,3-5,7-8H2,1-2H3,(H,14,15,16). The zero-order valence-corrected chi connectivity index (χ0v) is 10.5. The molecular formula is C12H20N4O. The molecule has 0 aromatic carbocycles. The van der Waals surface area contributed by atoms with Crippen molar-refractivity contribution in [2.45, 2.75) is 26.4 Å². The largest absolute Gasteiger partial charge is 0.374 e. The van der Waals surface area contributed by atoms with Crippen molar-refractivity contribution in [3.63, 3.8) is 0 Å². The lowest BCUT2D eigenvalue weighted by Gasteiger charge is -2.24. The molecule has 1 saturated heterocycles. The molecule has 94 valence electrons. The minimum atomic E-state index is 0.226. The quantitative estimate of drug-likeness (QED) is 0.808. The lowest BCUT2D eigenvalue weighted by molar-refractivity contribution is 0.0372. The lowest BCUT2D eigenvalue weighted by atomic mass is 10.3. The molecule has 5 heteroatoms. The molecule has 0 spiro atoms. The summed E-state index contributed by atoms with van der Waals surface area (Å²) in [6, 6.07) is 2.00. The first-order chi connectivity index (χ1) is 8.28. The summed E-state index contributed by atoms with van der Waals surface area (Å²) in [5.74, 6) is 1.71. The van der Waals surface area contributed by atoms with Gasteiger partial charge < -0.3 is 15.4 Å². The van der Waals surface area contributed by atoms with Gasteiger partial charge in [-0.15, -0.1) is 0 Å². The number of ether oxygens (including phenoxy) is 1. The summed E-state index contributed by atoms with van der Waals surface area (Å²) in [6.45, 7) is 7.44. The second-order valence-corrected chi connectivity index (χ2v) is 4.22. The van der Waals surface area contributed by atoms with Gasteiger partial charge in [0, 0.05) is 31.4 Å². The van der Waals surface area contributed by atoms with Crippen LogP contribution in [0, 0.1) is 6.92 Å². The van der Waals surface area contributed by atoms with Crippen LogP contribution in [0.4, 0.5) is 5.82 Å². The molecule has 0 aliphatic carbocycles. The van der Waals surface area contributed by atoms with E-state index in [0.717, 1.165) is 50.0 Å². The molecule has 17 heavy (non-hydrogen) atoms. The number of anilines is 1. The van der Waals surface area contributed by atoms with E-state index in [1.165, 1.54) is 0 Å². The molecule has 1 fully saturated rings. The average molecular weight is 236 g/mol.